The number of thioether (sulfide) groups is 1. The number of carboxylic acid groups (broad SMARTS) is 1. The molecule has 4 aliphatic rings. The van der Waals surface area contributed by atoms with E-state index in [1.807, 2.05) is 0 Å². The van der Waals surface area contributed by atoms with Gasteiger partial charge in [-0.3, -0.25) is 19.3 Å². The van der Waals surface area contributed by atoms with E-state index in [1.54, 1.807) is 11.0 Å². The Kier molecular flexibility index (Phi) is 6.92. The van der Waals surface area contributed by atoms with Crippen LogP contribution in [-0.4, -0.2) is 97.8 Å². The number of carbonyl (C=O) groups is 4. The molecule has 0 aromatic carbocycles. The summed E-state index contributed by atoms with van der Waals surface area (Å²) in [6.07, 6.45) is 3.14. The van der Waals surface area contributed by atoms with Crippen LogP contribution < -0.4 is 16.4 Å². The van der Waals surface area contributed by atoms with Crippen LogP contribution in [0.5, 0.6) is 0 Å². The predicted molar refractivity (Wildman–Crippen MR) is 135 cm³/mol. The summed E-state index contributed by atoms with van der Waals surface area (Å²) in [7, 11) is 0. The van der Waals surface area contributed by atoms with Crippen molar-refractivity contribution in [1.82, 2.24) is 25.4 Å². The molecular formula is C22H25N7O6S2. The van der Waals surface area contributed by atoms with Crippen LogP contribution in [0.1, 0.15) is 18.5 Å². The summed E-state index contributed by atoms with van der Waals surface area (Å²) in [6.45, 7) is 3.08. The van der Waals surface area contributed by atoms with Crippen LogP contribution in [0.3, 0.4) is 0 Å². The highest BCUT2D eigenvalue weighted by atomic mass is 32.2. The lowest BCUT2D eigenvalue weighted by Gasteiger charge is -2.49. The van der Waals surface area contributed by atoms with Crippen molar-refractivity contribution in [1.29, 1.82) is 0 Å². The Morgan fingerprint density at radius 1 is 1.38 bits per heavy atom. The smallest absolute Gasteiger partial charge is 0.352 e. The number of carbonyl (C=O) groups excluding carboxylic acids is 3. The van der Waals surface area contributed by atoms with E-state index in [9.17, 15) is 29.5 Å². The second-order valence-electron chi connectivity index (χ2n) is 9.09. The summed E-state index contributed by atoms with van der Waals surface area (Å²) in [4.78, 5) is 57.6. The molecule has 5 heterocycles. The number of thiazole rings is 1. The van der Waals surface area contributed by atoms with Crippen LogP contribution in [-0.2, 0) is 19.2 Å². The molecule has 0 radical (unpaired) electrons. The van der Waals surface area contributed by atoms with Crippen molar-refractivity contribution in [2.75, 3.05) is 37.7 Å². The number of allylic oxidation sites excluding steroid dienone is 1. The van der Waals surface area contributed by atoms with Gasteiger partial charge in [0.25, 0.3) is 11.8 Å². The third-order valence-electron chi connectivity index (χ3n) is 6.77. The Morgan fingerprint density at radius 3 is 2.84 bits per heavy atom. The lowest BCUT2D eigenvalue weighted by atomic mass is 10.0. The maximum Gasteiger partial charge on any atom is 0.352 e. The SMILES string of the molecule is Nc1nc(C(=NO)C(=O)N[C@@H]2C(=O)N3C(C(=O)O)=C(C=C4CCN(CC5CCNC5)C4=O)CS[C@H]23)cs1. The Balaban J connectivity index is 1.30. The van der Waals surface area contributed by atoms with E-state index in [-0.39, 0.29) is 28.2 Å². The first-order valence-electron chi connectivity index (χ1n) is 11.6. The minimum atomic E-state index is -1.29. The monoisotopic (exact) mass is 547 g/mol. The van der Waals surface area contributed by atoms with Crippen LogP contribution in [0, 0.1) is 5.92 Å². The number of oxime groups is 1. The normalized spacial score (nSPS) is 27.1. The third kappa shape index (κ3) is 4.69. The molecule has 0 saturated carbocycles. The third-order valence-corrected chi connectivity index (χ3v) is 8.75. The standard InChI is InChI=1S/C22H25N7O6S2/c23-22-25-13(9-37-22)14(27-35)17(30)26-15-19(32)29-16(21(33)34)12(8-36-20(15)29)5-11-2-4-28(18(11)31)7-10-1-3-24-6-10/h5,9-10,15,20,24,35H,1-4,6-8H2,(H2,23,25)(H,26,30)(H,33,34)/t10?,15-,20-/m1/s1. The van der Waals surface area contributed by atoms with Crippen molar-refractivity contribution in [3.63, 3.8) is 0 Å². The summed E-state index contributed by atoms with van der Waals surface area (Å²) in [6, 6.07) is -1.02. The first-order valence-corrected chi connectivity index (χ1v) is 13.6. The van der Waals surface area contributed by atoms with E-state index >= 15 is 0 Å². The second kappa shape index (κ2) is 10.1. The zero-order valence-electron chi connectivity index (χ0n) is 19.5. The number of anilines is 1. The van der Waals surface area contributed by atoms with E-state index in [0.717, 1.165) is 35.7 Å². The molecule has 5 rings (SSSR count). The molecule has 1 unspecified atom stereocenters. The van der Waals surface area contributed by atoms with Gasteiger partial charge in [0, 0.05) is 29.8 Å². The lowest BCUT2D eigenvalue weighted by Crippen LogP contribution is -2.71. The fraction of sp³-hybridized carbons (Fsp3) is 0.455. The molecule has 4 aliphatic heterocycles. The summed E-state index contributed by atoms with van der Waals surface area (Å²) in [5.74, 6) is -2.18. The fourth-order valence-corrected chi connectivity index (χ4v) is 6.79. The number of nitrogens with one attached hydrogen (secondary N) is 2. The molecule has 15 heteroatoms. The van der Waals surface area contributed by atoms with Crippen molar-refractivity contribution < 1.29 is 29.5 Å². The number of nitrogen functional groups attached to an aromatic ring is 1. The molecule has 1 aromatic rings. The van der Waals surface area contributed by atoms with Gasteiger partial charge in [-0.1, -0.05) is 5.16 Å². The number of fused-ring (bicyclic) bond motifs is 1. The zero-order chi connectivity index (χ0) is 26.3. The van der Waals surface area contributed by atoms with Gasteiger partial charge in [-0.05, 0) is 43.5 Å². The number of hydrogen-bond donors (Lipinski definition) is 5. The number of rotatable bonds is 7. The van der Waals surface area contributed by atoms with E-state index < -0.39 is 34.9 Å². The fourth-order valence-electron chi connectivity index (χ4n) is 4.94. The molecule has 13 nitrogen and oxygen atoms in total. The number of aliphatic carboxylic acids is 1. The second-order valence-corrected chi connectivity index (χ2v) is 11.1. The Morgan fingerprint density at radius 2 is 2.19 bits per heavy atom. The summed E-state index contributed by atoms with van der Waals surface area (Å²) in [5, 5.41) is 29.0. The quantitative estimate of drug-likeness (QED) is 0.0969. The zero-order valence-corrected chi connectivity index (χ0v) is 21.2. The van der Waals surface area contributed by atoms with E-state index in [4.69, 9.17) is 5.73 Å². The number of aromatic nitrogens is 1. The van der Waals surface area contributed by atoms with E-state index in [0.29, 0.717) is 36.6 Å². The molecule has 1 aromatic heterocycles. The number of likely N-dealkylation sites (tertiary alicyclic amines) is 1. The van der Waals surface area contributed by atoms with Crippen LogP contribution in [0.15, 0.2) is 33.5 Å². The number of carboxylic acids is 1. The van der Waals surface area contributed by atoms with Crippen molar-refractivity contribution in [2.24, 2.45) is 11.1 Å². The minimum absolute atomic E-state index is 0.0573. The van der Waals surface area contributed by atoms with Gasteiger partial charge in [0.1, 0.15) is 22.8 Å². The van der Waals surface area contributed by atoms with E-state index in [1.165, 1.54) is 17.1 Å². The average molecular weight is 548 g/mol. The van der Waals surface area contributed by atoms with Gasteiger partial charge in [-0.15, -0.1) is 23.1 Å². The molecule has 3 saturated heterocycles. The van der Waals surface area contributed by atoms with Gasteiger partial charge in [0.05, 0.1) is 0 Å². The van der Waals surface area contributed by atoms with Crippen LogP contribution >= 0.6 is 23.1 Å². The Hall–Kier alpha value is -3.43. The van der Waals surface area contributed by atoms with Crippen LogP contribution in [0.25, 0.3) is 0 Å². The van der Waals surface area contributed by atoms with Gasteiger partial charge in [0.15, 0.2) is 10.8 Å². The van der Waals surface area contributed by atoms with Crippen molar-refractivity contribution in [2.45, 2.75) is 24.3 Å². The Labute approximate surface area is 219 Å². The topological polar surface area (TPSA) is 191 Å². The first kappa shape index (κ1) is 25.2. The molecule has 3 amide bonds. The molecule has 0 aliphatic carbocycles. The van der Waals surface area contributed by atoms with Gasteiger partial charge >= 0.3 is 5.97 Å². The number of nitrogens with zero attached hydrogens (tertiary/aromatic N) is 4. The number of amides is 3. The molecular weight excluding hydrogens is 522 g/mol. The molecule has 0 bridgehead atoms. The number of nitrogens with two attached hydrogens (primary N) is 1. The van der Waals surface area contributed by atoms with Gasteiger partial charge in [0.2, 0.25) is 5.91 Å². The highest BCUT2D eigenvalue weighted by molar-refractivity contribution is 8.00. The van der Waals surface area contributed by atoms with Gasteiger partial charge in [-0.25, -0.2) is 9.78 Å². The molecule has 0 spiro atoms. The van der Waals surface area contributed by atoms with Crippen molar-refractivity contribution in [3.05, 3.63) is 34.0 Å². The number of hydrogen-bond acceptors (Lipinski definition) is 11. The largest absolute Gasteiger partial charge is 0.477 e. The summed E-state index contributed by atoms with van der Waals surface area (Å²) >= 11 is 2.34. The molecule has 37 heavy (non-hydrogen) atoms. The Bertz CT molecular complexity index is 1250. The van der Waals surface area contributed by atoms with E-state index in [2.05, 4.69) is 20.8 Å². The highest BCUT2D eigenvalue weighted by Crippen LogP contribution is 2.41. The maximum absolute atomic E-state index is 13.0. The maximum atomic E-state index is 13.0. The minimum Gasteiger partial charge on any atom is -0.477 e. The molecule has 3 fully saturated rings. The van der Waals surface area contributed by atoms with Crippen molar-refractivity contribution in [3.8, 4) is 0 Å². The van der Waals surface area contributed by atoms with Crippen molar-refractivity contribution >= 4 is 57.6 Å². The average Bonchev–Trinajstić information content (AvgIpc) is 3.62. The number of β-lactam (4-membered cyclic amide) rings is 1. The molecule has 196 valence electrons. The first-order chi connectivity index (χ1) is 17.8. The van der Waals surface area contributed by atoms with Crippen LogP contribution in [0.2, 0.25) is 0 Å². The van der Waals surface area contributed by atoms with Gasteiger partial charge < -0.3 is 31.6 Å². The highest BCUT2D eigenvalue weighted by Gasteiger charge is 2.54. The summed E-state index contributed by atoms with van der Waals surface area (Å²) in [5.41, 5.74) is 5.94. The van der Waals surface area contributed by atoms with Crippen LogP contribution in [0.4, 0.5) is 5.13 Å². The molecule has 6 N–H and O–H groups in total. The van der Waals surface area contributed by atoms with Gasteiger partial charge in [-0.2, -0.15) is 0 Å². The summed E-state index contributed by atoms with van der Waals surface area (Å²) < 4.78 is 0. The lowest BCUT2D eigenvalue weighted by molar-refractivity contribution is -0.150. The molecule has 3 atom stereocenters. The predicted octanol–water partition coefficient (Wildman–Crippen LogP) is -0.590.